The van der Waals surface area contributed by atoms with Crippen LogP contribution in [0.3, 0.4) is 0 Å². The number of hydrogen-bond acceptors (Lipinski definition) is 6. The topological polar surface area (TPSA) is 96.5 Å². The van der Waals surface area contributed by atoms with E-state index >= 15 is 0 Å². The van der Waals surface area contributed by atoms with E-state index in [2.05, 4.69) is 20.4 Å². The van der Waals surface area contributed by atoms with E-state index < -0.39 is 0 Å². The highest BCUT2D eigenvalue weighted by Crippen LogP contribution is 2.19. The monoisotopic (exact) mass is 300 g/mol. The zero-order valence-electron chi connectivity index (χ0n) is 11.1. The second kappa shape index (κ2) is 5.93. The van der Waals surface area contributed by atoms with Crippen molar-refractivity contribution < 1.29 is 4.79 Å². The summed E-state index contributed by atoms with van der Waals surface area (Å²) in [5, 5.41) is 16.4. The van der Waals surface area contributed by atoms with Gasteiger partial charge >= 0.3 is 0 Å². The Labute approximate surface area is 125 Å². The number of nitrogens with one attached hydrogen (secondary N) is 1. The van der Waals surface area contributed by atoms with Crippen molar-refractivity contribution in [2.24, 2.45) is 0 Å². The Balaban J connectivity index is 1.75. The van der Waals surface area contributed by atoms with Crippen molar-refractivity contribution in [3.05, 3.63) is 30.4 Å². The Hall–Kier alpha value is -2.40. The highest BCUT2D eigenvalue weighted by Gasteiger charge is 2.24. The number of hydrogen-bond donors (Lipinski definition) is 1. The number of amides is 1. The average molecular weight is 300 g/mol. The first-order valence-electron chi connectivity index (χ1n) is 6.45. The predicted octanol–water partition coefficient (Wildman–Crippen LogP) is 1.17. The zero-order chi connectivity index (χ0) is 14.7. The molecule has 0 spiro atoms. The molecule has 3 rings (SSSR count). The molecule has 2 aromatic rings. The molecule has 2 heterocycles. The fourth-order valence-corrected chi connectivity index (χ4v) is 2.22. The van der Waals surface area contributed by atoms with E-state index in [1.165, 1.54) is 22.8 Å². The molecule has 0 atom stereocenters. The van der Waals surface area contributed by atoms with Crippen molar-refractivity contribution in [2.75, 3.05) is 5.75 Å². The van der Waals surface area contributed by atoms with Gasteiger partial charge in [-0.15, -0.1) is 0 Å². The standard InChI is InChI=1S/C13H12N6OS/c14-4-6-21-12-7-11(15-8-16-12)19-5-3-10(18-19)13(20)17-9-1-2-9/h3,5,7-9H,1-2,6H2,(H,17,20). The summed E-state index contributed by atoms with van der Waals surface area (Å²) < 4.78 is 1.53. The lowest BCUT2D eigenvalue weighted by Gasteiger charge is -2.02. The Morgan fingerprint density at radius 1 is 1.52 bits per heavy atom. The largest absolute Gasteiger partial charge is 0.348 e. The van der Waals surface area contributed by atoms with Crippen LogP contribution in [0.1, 0.15) is 23.3 Å². The molecule has 1 saturated carbocycles. The van der Waals surface area contributed by atoms with Gasteiger partial charge in [0.15, 0.2) is 11.5 Å². The summed E-state index contributed by atoms with van der Waals surface area (Å²) in [7, 11) is 0. The first-order chi connectivity index (χ1) is 10.3. The van der Waals surface area contributed by atoms with Crippen LogP contribution in [-0.2, 0) is 0 Å². The number of nitriles is 1. The minimum absolute atomic E-state index is 0.163. The van der Waals surface area contributed by atoms with Gasteiger partial charge in [0.1, 0.15) is 11.4 Å². The molecule has 0 bridgehead atoms. The van der Waals surface area contributed by atoms with Gasteiger partial charge in [-0.05, 0) is 18.9 Å². The summed E-state index contributed by atoms with van der Waals surface area (Å²) in [4.78, 5) is 20.1. The summed E-state index contributed by atoms with van der Waals surface area (Å²) in [6.45, 7) is 0. The lowest BCUT2D eigenvalue weighted by atomic mass is 10.4. The molecule has 1 aliphatic rings. The molecule has 1 aliphatic carbocycles. The fourth-order valence-electron chi connectivity index (χ4n) is 1.70. The first-order valence-corrected chi connectivity index (χ1v) is 7.43. The van der Waals surface area contributed by atoms with Gasteiger partial charge < -0.3 is 5.32 Å². The second-order valence-corrected chi connectivity index (χ2v) is 5.55. The van der Waals surface area contributed by atoms with Crippen molar-refractivity contribution in [3.63, 3.8) is 0 Å². The molecule has 106 valence electrons. The van der Waals surface area contributed by atoms with Crippen molar-refractivity contribution in [1.82, 2.24) is 25.1 Å². The summed E-state index contributed by atoms with van der Waals surface area (Å²) in [6.07, 6.45) is 5.18. The Morgan fingerprint density at radius 2 is 2.38 bits per heavy atom. The summed E-state index contributed by atoms with van der Waals surface area (Å²) in [5.74, 6) is 0.727. The highest BCUT2D eigenvalue weighted by atomic mass is 32.2. The van der Waals surface area contributed by atoms with E-state index in [1.807, 2.05) is 6.07 Å². The van der Waals surface area contributed by atoms with Gasteiger partial charge in [0.05, 0.1) is 11.8 Å². The third-order valence-corrected chi connectivity index (χ3v) is 3.67. The van der Waals surface area contributed by atoms with Gasteiger partial charge in [0, 0.05) is 18.3 Å². The van der Waals surface area contributed by atoms with Crippen molar-refractivity contribution in [2.45, 2.75) is 23.9 Å². The van der Waals surface area contributed by atoms with Crippen LogP contribution in [0.4, 0.5) is 0 Å². The van der Waals surface area contributed by atoms with Crippen LogP contribution in [-0.4, -0.2) is 37.5 Å². The summed E-state index contributed by atoms with van der Waals surface area (Å²) >= 11 is 1.33. The van der Waals surface area contributed by atoms with E-state index in [-0.39, 0.29) is 5.91 Å². The highest BCUT2D eigenvalue weighted by molar-refractivity contribution is 7.99. The normalized spacial score (nSPS) is 13.7. The van der Waals surface area contributed by atoms with E-state index in [0.717, 1.165) is 12.8 Å². The number of nitrogens with zero attached hydrogens (tertiary/aromatic N) is 5. The number of rotatable bonds is 5. The minimum atomic E-state index is -0.163. The third kappa shape index (κ3) is 3.38. The van der Waals surface area contributed by atoms with Gasteiger partial charge in [0.2, 0.25) is 0 Å². The van der Waals surface area contributed by atoms with E-state index in [0.29, 0.717) is 28.3 Å². The number of aromatic nitrogens is 4. The molecule has 0 unspecified atom stereocenters. The second-order valence-electron chi connectivity index (χ2n) is 4.55. The Bertz CT molecular complexity index is 703. The molecule has 2 aromatic heterocycles. The van der Waals surface area contributed by atoms with Gasteiger partial charge in [-0.1, -0.05) is 11.8 Å². The molecule has 1 fully saturated rings. The van der Waals surface area contributed by atoms with Crippen LogP contribution in [0.2, 0.25) is 0 Å². The van der Waals surface area contributed by atoms with Crippen molar-refractivity contribution in [1.29, 1.82) is 5.26 Å². The average Bonchev–Trinajstić information content (AvgIpc) is 3.17. The quantitative estimate of drug-likeness (QED) is 0.657. The van der Waals surface area contributed by atoms with Crippen LogP contribution in [0.25, 0.3) is 5.82 Å². The maximum absolute atomic E-state index is 11.9. The maximum atomic E-state index is 11.9. The predicted molar refractivity (Wildman–Crippen MR) is 76.0 cm³/mol. The maximum Gasteiger partial charge on any atom is 0.272 e. The van der Waals surface area contributed by atoms with E-state index in [9.17, 15) is 4.79 Å². The molecule has 21 heavy (non-hydrogen) atoms. The Morgan fingerprint density at radius 3 is 3.14 bits per heavy atom. The molecule has 0 aliphatic heterocycles. The van der Waals surface area contributed by atoms with E-state index in [4.69, 9.17) is 5.26 Å². The molecule has 7 nitrogen and oxygen atoms in total. The summed E-state index contributed by atoms with van der Waals surface area (Å²) in [6, 6.07) is 5.74. The van der Waals surface area contributed by atoms with Gasteiger partial charge in [-0.2, -0.15) is 10.4 Å². The van der Waals surface area contributed by atoms with Crippen LogP contribution < -0.4 is 5.32 Å². The number of carbonyl (C=O) groups is 1. The van der Waals surface area contributed by atoms with Gasteiger partial charge in [-0.3, -0.25) is 4.79 Å². The molecule has 1 amide bonds. The first kappa shape index (κ1) is 13.6. The fraction of sp³-hybridized carbons (Fsp3) is 0.308. The Kier molecular flexibility index (Phi) is 3.83. The molecule has 1 N–H and O–H groups in total. The van der Waals surface area contributed by atoms with Crippen molar-refractivity contribution >= 4 is 17.7 Å². The lowest BCUT2D eigenvalue weighted by molar-refractivity contribution is 0.0945. The van der Waals surface area contributed by atoms with Crippen LogP contribution in [0.5, 0.6) is 0 Å². The molecule has 0 aromatic carbocycles. The van der Waals surface area contributed by atoms with Gasteiger partial charge in [-0.25, -0.2) is 14.6 Å². The van der Waals surface area contributed by atoms with Crippen LogP contribution in [0, 0.1) is 11.3 Å². The van der Waals surface area contributed by atoms with Crippen molar-refractivity contribution in [3.8, 4) is 11.9 Å². The number of carbonyl (C=O) groups excluding carboxylic acids is 1. The third-order valence-electron chi connectivity index (χ3n) is 2.88. The minimum Gasteiger partial charge on any atom is -0.348 e. The lowest BCUT2D eigenvalue weighted by Crippen LogP contribution is -2.25. The summed E-state index contributed by atoms with van der Waals surface area (Å²) in [5.41, 5.74) is 0.367. The number of thioether (sulfide) groups is 1. The smallest absolute Gasteiger partial charge is 0.272 e. The van der Waals surface area contributed by atoms with E-state index in [1.54, 1.807) is 18.3 Å². The SMILES string of the molecule is N#CCSc1cc(-n2ccc(C(=O)NC3CC3)n2)ncn1. The van der Waals surface area contributed by atoms with Crippen LogP contribution in [0.15, 0.2) is 29.7 Å². The molecular formula is C13H12N6OS. The molecule has 0 saturated heterocycles. The van der Waals surface area contributed by atoms with Crippen LogP contribution >= 0.6 is 11.8 Å². The zero-order valence-corrected chi connectivity index (χ0v) is 11.9. The molecule has 0 radical (unpaired) electrons. The molecular weight excluding hydrogens is 288 g/mol. The molecule has 8 heteroatoms. The van der Waals surface area contributed by atoms with Gasteiger partial charge in [0.25, 0.3) is 5.91 Å².